The molecule has 0 aromatic heterocycles. The van der Waals surface area contributed by atoms with Crippen LogP contribution in [0.1, 0.15) is 169 Å². The molecule has 0 N–H and O–H groups in total. The molecule has 0 fully saturated rings. The molecule has 0 saturated heterocycles. The van der Waals surface area contributed by atoms with Gasteiger partial charge in [0.05, 0.1) is 12.2 Å². The van der Waals surface area contributed by atoms with Crippen LogP contribution in [0.4, 0.5) is 0 Å². The van der Waals surface area contributed by atoms with Gasteiger partial charge in [-0.2, -0.15) is 0 Å². The van der Waals surface area contributed by atoms with Gasteiger partial charge in [0.15, 0.2) is 8.38 Å². The Morgan fingerprint density at radius 3 is 1.12 bits per heavy atom. The Balaban J connectivity index is 4.95. The third-order valence-corrected chi connectivity index (χ3v) is 8.44. The zero-order valence-electron chi connectivity index (χ0n) is 23.0. The molecule has 1 unspecified atom stereocenters. The second-order valence-corrected chi connectivity index (χ2v) is 11.6. The zero-order valence-corrected chi connectivity index (χ0v) is 23.9. The van der Waals surface area contributed by atoms with Crippen molar-refractivity contribution in [1.82, 2.24) is 0 Å². The molecule has 0 aliphatic rings. The maximum absolute atomic E-state index is 6.95. The fourth-order valence-corrected chi connectivity index (χ4v) is 6.09. The Hall–Kier alpha value is 0.350. The highest BCUT2D eigenvalue weighted by atomic mass is 31.2. The highest BCUT2D eigenvalue weighted by Crippen LogP contribution is 2.47. The lowest BCUT2D eigenvalue weighted by molar-refractivity contribution is 0.0303. The predicted octanol–water partition coefficient (Wildman–Crippen LogP) is 11.4. The largest absolute Gasteiger partial charge is 0.334 e. The number of hydrogen-bond donors (Lipinski definition) is 0. The second-order valence-electron chi connectivity index (χ2n) is 9.89. The first-order valence-electron chi connectivity index (χ1n) is 14.8. The van der Waals surface area contributed by atoms with E-state index < -0.39 is 8.38 Å². The normalized spacial score (nSPS) is 13.0. The van der Waals surface area contributed by atoms with Crippen LogP contribution in [0.15, 0.2) is 0 Å². The van der Waals surface area contributed by atoms with Gasteiger partial charge >= 0.3 is 0 Å². The van der Waals surface area contributed by atoms with Crippen LogP contribution >= 0.6 is 8.38 Å². The van der Waals surface area contributed by atoms with Gasteiger partial charge in [-0.05, 0) is 26.2 Å². The molecule has 32 heavy (non-hydrogen) atoms. The molecule has 3 heteroatoms. The van der Waals surface area contributed by atoms with Crippen LogP contribution in [0.25, 0.3) is 0 Å². The highest BCUT2D eigenvalue weighted by Gasteiger charge is 2.33. The minimum Gasteiger partial charge on any atom is -0.334 e. The molecule has 1 atom stereocenters. The average molecular weight is 473 g/mol. The number of rotatable bonds is 26. The Kier molecular flexibility index (Phi) is 24.7. The summed E-state index contributed by atoms with van der Waals surface area (Å²) in [6.45, 7) is 12.1. The van der Waals surface area contributed by atoms with Gasteiger partial charge in [0.25, 0.3) is 0 Å². The molecule has 0 radical (unpaired) electrons. The number of unbranched alkanes of at least 4 members (excludes halogenated alkanes) is 15. The predicted molar refractivity (Wildman–Crippen MR) is 147 cm³/mol. The van der Waals surface area contributed by atoms with Crippen molar-refractivity contribution in [3.05, 3.63) is 0 Å². The lowest BCUT2D eigenvalue weighted by atomic mass is 9.85. The van der Waals surface area contributed by atoms with Gasteiger partial charge in [0.2, 0.25) is 0 Å². The van der Waals surface area contributed by atoms with Crippen molar-refractivity contribution in [2.45, 2.75) is 175 Å². The van der Waals surface area contributed by atoms with E-state index in [2.05, 4.69) is 34.6 Å². The van der Waals surface area contributed by atoms with Gasteiger partial charge in [0.1, 0.15) is 0 Å². The van der Waals surface area contributed by atoms with E-state index in [1.165, 1.54) is 135 Å². The van der Waals surface area contributed by atoms with E-state index in [1.54, 1.807) is 0 Å². The SMILES string of the molecule is CCCCCCCCC(CCCCCCCC)(CCCCCCCC)OP(CC)OCC. The summed E-state index contributed by atoms with van der Waals surface area (Å²) in [4.78, 5) is 0. The summed E-state index contributed by atoms with van der Waals surface area (Å²) >= 11 is 0. The molecule has 0 aliphatic heterocycles. The van der Waals surface area contributed by atoms with Crippen molar-refractivity contribution in [1.29, 1.82) is 0 Å². The third-order valence-electron chi connectivity index (χ3n) is 6.78. The minimum absolute atomic E-state index is 0.0666. The Bertz CT molecular complexity index is 320. The van der Waals surface area contributed by atoms with E-state index in [0.717, 1.165) is 12.8 Å². The van der Waals surface area contributed by atoms with Crippen molar-refractivity contribution in [3.63, 3.8) is 0 Å². The minimum atomic E-state index is -0.737. The van der Waals surface area contributed by atoms with Gasteiger partial charge in [0, 0.05) is 6.16 Å². The Labute approximate surface area is 205 Å². The van der Waals surface area contributed by atoms with Crippen LogP contribution < -0.4 is 0 Å². The van der Waals surface area contributed by atoms with Gasteiger partial charge < -0.3 is 9.05 Å². The molecule has 0 aromatic carbocycles. The lowest BCUT2D eigenvalue weighted by Gasteiger charge is -2.37. The van der Waals surface area contributed by atoms with Crippen LogP contribution in [0, 0.1) is 0 Å². The molecule has 0 aliphatic carbocycles. The van der Waals surface area contributed by atoms with E-state index in [4.69, 9.17) is 9.05 Å². The summed E-state index contributed by atoms with van der Waals surface area (Å²) in [5.41, 5.74) is 0.0666. The maximum Gasteiger partial charge on any atom is 0.170 e. The Morgan fingerprint density at radius 1 is 0.469 bits per heavy atom. The van der Waals surface area contributed by atoms with Crippen molar-refractivity contribution < 1.29 is 9.05 Å². The maximum atomic E-state index is 6.95. The third kappa shape index (κ3) is 18.7. The molecule has 0 heterocycles. The summed E-state index contributed by atoms with van der Waals surface area (Å²) in [5, 5.41) is 0. The zero-order chi connectivity index (χ0) is 23.8. The van der Waals surface area contributed by atoms with E-state index in [1.807, 2.05) is 0 Å². The van der Waals surface area contributed by atoms with Crippen molar-refractivity contribution in [2.24, 2.45) is 0 Å². The first-order valence-corrected chi connectivity index (χ1v) is 16.1. The van der Waals surface area contributed by atoms with Gasteiger partial charge in [-0.15, -0.1) is 0 Å². The fourth-order valence-electron chi connectivity index (χ4n) is 4.74. The van der Waals surface area contributed by atoms with Crippen LogP contribution in [-0.2, 0) is 9.05 Å². The van der Waals surface area contributed by atoms with Gasteiger partial charge in [-0.3, -0.25) is 0 Å². The van der Waals surface area contributed by atoms with E-state index in [9.17, 15) is 0 Å². The molecule has 0 saturated carbocycles. The molecule has 0 bridgehead atoms. The van der Waals surface area contributed by atoms with Crippen LogP contribution in [0.3, 0.4) is 0 Å². The molecule has 0 rings (SSSR count). The summed E-state index contributed by atoms with van der Waals surface area (Å²) in [6, 6.07) is 0. The molecular weight excluding hydrogens is 411 g/mol. The second kappa shape index (κ2) is 24.5. The standard InChI is InChI=1S/C29H61O2P/c1-6-11-14-17-20-23-26-29(31-32(10-5)30-9-4,27-24-21-18-15-12-7-2)28-25-22-19-16-13-8-3/h6-28H2,1-5H3. The number of hydrogen-bond acceptors (Lipinski definition) is 2. The van der Waals surface area contributed by atoms with Crippen LogP contribution in [-0.4, -0.2) is 18.4 Å². The highest BCUT2D eigenvalue weighted by molar-refractivity contribution is 7.47. The molecule has 2 nitrogen and oxygen atoms in total. The van der Waals surface area contributed by atoms with Gasteiger partial charge in [-0.1, -0.05) is 143 Å². The smallest absolute Gasteiger partial charge is 0.170 e. The van der Waals surface area contributed by atoms with Crippen molar-refractivity contribution in [2.75, 3.05) is 12.8 Å². The fraction of sp³-hybridized carbons (Fsp3) is 1.00. The summed E-state index contributed by atoms with van der Waals surface area (Å²) in [5.74, 6) is 0. The first kappa shape index (κ1) is 32.4. The average Bonchev–Trinajstić information content (AvgIpc) is 2.80. The van der Waals surface area contributed by atoms with Crippen molar-refractivity contribution in [3.8, 4) is 0 Å². The monoisotopic (exact) mass is 472 g/mol. The summed E-state index contributed by atoms with van der Waals surface area (Å²) in [6.07, 6.45) is 29.4. The Morgan fingerprint density at radius 2 is 0.812 bits per heavy atom. The lowest BCUT2D eigenvalue weighted by Crippen LogP contribution is -2.32. The first-order chi connectivity index (χ1) is 15.7. The van der Waals surface area contributed by atoms with E-state index in [-0.39, 0.29) is 5.60 Å². The van der Waals surface area contributed by atoms with E-state index in [0.29, 0.717) is 0 Å². The summed E-state index contributed by atoms with van der Waals surface area (Å²) in [7, 11) is -0.737. The molecule has 0 amide bonds. The molecular formula is C29H61O2P. The van der Waals surface area contributed by atoms with Crippen molar-refractivity contribution >= 4 is 8.38 Å². The van der Waals surface area contributed by atoms with E-state index >= 15 is 0 Å². The topological polar surface area (TPSA) is 18.5 Å². The molecule has 194 valence electrons. The molecule has 0 spiro atoms. The van der Waals surface area contributed by atoms with Crippen LogP contribution in [0.2, 0.25) is 0 Å². The summed E-state index contributed by atoms with van der Waals surface area (Å²) < 4.78 is 13.0. The molecule has 0 aromatic rings. The quantitative estimate of drug-likeness (QED) is 0.0920. The van der Waals surface area contributed by atoms with Gasteiger partial charge in [-0.25, -0.2) is 0 Å². The van der Waals surface area contributed by atoms with Crippen LogP contribution in [0.5, 0.6) is 0 Å².